The van der Waals surface area contributed by atoms with Gasteiger partial charge < -0.3 is 14.6 Å². The van der Waals surface area contributed by atoms with Crippen LogP contribution in [0.5, 0.6) is 17.2 Å². The van der Waals surface area contributed by atoms with Gasteiger partial charge in [0.15, 0.2) is 11.5 Å². The van der Waals surface area contributed by atoms with Crippen molar-refractivity contribution in [3.8, 4) is 39.8 Å². The SMILES string of the molecule is COc1ccc(-c2cc(-c3ccccc3)nc(NN=Cc3ccccc3O)n2)cc1OC. The van der Waals surface area contributed by atoms with Crippen LogP contribution in [0.3, 0.4) is 0 Å². The van der Waals surface area contributed by atoms with E-state index in [1.807, 2.05) is 60.7 Å². The highest BCUT2D eigenvalue weighted by Crippen LogP contribution is 2.33. The summed E-state index contributed by atoms with van der Waals surface area (Å²) < 4.78 is 10.8. The number of para-hydroxylation sites is 1. The summed E-state index contributed by atoms with van der Waals surface area (Å²) in [6.45, 7) is 0. The number of nitrogens with zero attached hydrogens (tertiary/aromatic N) is 3. The van der Waals surface area contributed by atoms with Crippen LogP contribution in [-0.4, -0.2) is 35.5 Å². The number of rotatable bonds is 7. The maximum atomic E-state index is 9.91. The minimum Gasteiger partial charge on any atom is -0.507 e. The van der Waals surface area contributed by atoms with E-state index in [9.17, 15) is 5.11 Å². The van der Waals surface area contributed by atoms with Crippen molar-refractivity contribution in [1.82, 2.24) is 9.97 Å². The number of hydrogen-bond acceptors (Lipinski definition) is 7. The molecule has 4 rings (SSSR count). The average Bonchev–Trinajstić information content (AvgIpc) is 2.85. The van der Waals surface area contributed by atoms with Gasteiger partial charge in [0.2, 0.25) is 5.95 Å². The van der Waals surface area contributed by atoms with Crippen LogP contribution in [0.4, 0.5) is 5.95 Å². The number of phenols is 1. The lowest BCUT2D eigenvalue weighted by atomic mass is 10.1. The lowest BCUT2D eigenvalue weighted by molar-refractivity contribution is 0.355. The maximum Gasteiger partial charge on any atom is 0.244 e. The van der Waals surface area contributed by atoms with Crippen molar-refractivity contribution in [1.29, 1.82) is 0 Å². The Bertz CT molecular complexity index is 1240. The molecule has 0 aliphatic rings. The number of ether oxygens (including phenoxy) is 2. The normalized spacial score (nSPS) is 10.8. The lowest BCUT2D eigenvalue weighted by Gasteiger charge is -2.11. The zero-order chi connectivity index (χ0) is 22.3. The van der Waals surface area contributed by atoms with Crippen LogP contribution in [-0.2, 0) is 0 Å². The fraction of sp³-hybridized carbons (Fsp3) is 0.0800. The van der Waals surface area contributed by atoms with Gasteiger partial charge in [-0.2, -0.15) is 5.10 Å². The van der Waals surface area contributed by atoms with E-state index in [-0.39, 0.29) is 5.75 Å². The van der Waals surface area contributed by atoms with Crippen LogP contribution in [0.2, 0.25) is 0 Å². The molecule has 0 amide bonds. The predicted octanol–water partition coefficient (Wildman–Crippen LogP) is 4.98. The second-order valence-corrected chi connectivity index (χ2v) is 6.83. The summed E-state index contributed by atoms with van der Waals surface area (Å²) >= 11 is 0. The Kier molecular flexibility index (Phi) is 6.27. The number of benzene rings is 3. The molecule has 0 saturated heterocycles. The highest BCUT2D eigenvalue weighted by atomic mass is 16.5. The molecule has 7 nitrogen and oxygen atoms in total. The molecule has 0 unspecified atom stereocenters. The van der Waals surface area contributed by atoms with Crippen molar-refractivity contribution in [2.45, 2.75) is 0 Å². The molecule has 7 heteroatoms. The largest absolute Gasteiger partial charge is 0.507 e. The fourth-order valence-electron chi connectivity index (χ4n) is 3.15. The van der Waals surface area contributed by atoms with E-state index in [1.165, 1.54) is 6.21 Å². The van der Waals surface area contributed by atoms with Crippen LogP contribution in [0.15, 0.2) is 84.0 Å². The third-order valence-corrected chi connectivity index (χ3v) is 4.78. The number of aromatic nitrogens is 2. The van der Waals surface area contributed by atoms with Crippen molar-refractivity contribution < 1.29 is 14.6 Å². The first-order valence-corrected chi connectivity index (χ1v) is 9.92. The van der Waals surface area contributed by atoms with Gasteiger partial charge in [0, 0.05) is 16.7 Å². The number of aromatic hydroxyl groups is 1. The molecule has 1 heterocycles. The van der Waals surface area contributed by atoms with E-state index in [0.29, 0.717) is 28.7 Å². The first-order chi connectivity index (χ1) is 15.7. The van der Waals surface area contributed by atoms with Crippen LogP contribution >= 0.6 is 0 Å². The van der Waals surface area contributed by atoms with Crippen LogP contribution in [0, 0.1) is 0 Å². The smallest absolute Gasteiger partial charge is 0.244 e. The second kappa shape index (κ2) is 9.61. The van der Waals surface area contributed by atoms with E-state index in [2.05, 4.69) is 20.5 Å². The summed E-state index contributed by atoms with van der Waals surface area (Å²) in [5, 5.41) is 14.1. The van der Waals surface area contributed by atoms with Crippen molar-refractivity contribution in [3.05, 3.63) is 84.4 Å². The lowest BCUT2D eigenvalue weighted by Crippen LogP contribution is -2.00. The van der Waals surface area contributed by atoms with Crippen LogP contribution in [0.1, 0.15) is 5.56 Å². The number of phenolic OH excluding ortho intramolecular Hbond substituents is 1. The van der Waals surface area contributed by atoms with Gasteiger partial charge in [-0.15, -0.1) is 0 Å². The predicted molar refractivity (Wildman–Crippen MR) is 125 cm³/mol. The van der Waals surface area contributed by atoms with Gasteiger partial charge >= 0.3 is 0 Å². The molecule has 4 aromatic rings. The molecule has 0 aliphatic heterocycles. The number of anilines is 1. The van der Waals surface area contributed by atoms with E-state index >= 15 is 0 Å². The fourth-order valence-corrected chi connectivity index (χ4v) is 3.15. The Morgan fingerprint density at radius 3 is 2.19 bits per heavy atom. The Morgan fingerprint density at radius 1 is 0.781 bits per heavy atom. The molecular weight excluding hydrogens is 404 g/mol. The second-order valence-electron chi connectivity index (χ2n) is 6.83. The van der Waals surface area contributed by atoms with Gasteiger partial charge in [-0.25, -0.2) is 15.4 Å². The van der Waals surface area contributed by atoms with Crippen molar-refractivity contribution in [2.75, 3.05) is 19.6 Å². The molecule has 0 spiro atoms. The number of nitrogens with one attached hydrogen (secondary N) is 1. The first kappa shape index (κ1) is 20.9. The molecule has 0 bridgehead atoms. The van der Waals surface area contributed by atoms with Gasteiger partial charge in [-0.1, -0.05) is 42.5 Å². The zero-order valence-corrected chi connectivity index (χ0v) is 17.7. The van der Waals surface area contributed by atoms with Gasteiger partial charge in [0.05, 0.1) is 31.8 Å². The Labute approximate surface area is 186 Å². The minimum absolute atomic E-state index is 0.142. The first-order valence-electron chi connectivity index (χ1n) is 9.92. The number of hydrazone groups is 1. The maximum absolute atomic E-state index is 9.91. The van der Waals surface area contributed by atoms with Crippen molar-refractivity contribution in [3.63, 3.8) is 0 Å². The highest BCUT2D eigenvalue weighted by molar-refractivity contribution is 5.83. The zero-order valence-electron chi connectivity index (χ0n) is 17.7. The van der Waals surface area contributed by atoms with Crippen LogP contribution < -0.4 is 14.9 Å². The third-order valence-electron chi connectivity index (χ3n) is 4.78. The molecule has 0 fully saturated rings. The quantitative estimate of drug-likeness (QED) is 0.320. The van der Waals surface area contributed by atoms with Gasteiger partial charge in [-0.05, 0) is 36.4 Å². The third kappa shape index (κ3) is 4.67. The number of hydrogen-bond donors (Lipinski definition) is 2. The molecule has 2 N–H and O–H groups in total. The van der Waals surface area contributed by atoms with Gasteiger partial charge in [0.1, 0.15) is 5.75 Å². The molecule has 160 valence electrons. The number of methoxy groups -OCH3 is 2. The molecule has 0 atom stereocenters. The van der Waals surface area contributed by atoms with E-state index < -0.39 is 0 Å². The summed E-state index contributed by atoms with van der Waals surface area (Å²) in [5.41, 5.74) is 6.68. The molecule has 32 heavy (non-hydrogen) atoms. The average molecular weight is 426 g/mol. The topological polar surface area (TPSA) is 88.9 Å². The molecule has 0 aliphatic carbocycles. The van der Waals surface area contributed by atoms with Gasteiger partial charge in [0.25, 0.3) is 0 Å². The highest BCUT2D eigenvalue weighted by Gasteiger charge is 2.11. The minimum atomic E-state index is 0.142. The van der Waals surface area contributed by atoms with Crippen LogP contribution in [0.25, 0.3) is 22.5 Å². The molecule has 1 aromatic heterocycles. The molecule has 3 aromatic carbocycles. The summed E-state index contributed by atoms with van der Waals surface area (Å²) in [6, 6.07) is 24.3. The van der Waals surface area contributed by atoms with E-state index in [4.69, 9.17) is 9.47 Å². The van der Waals surface area contributed by atoms with E-state index in [0.717, 1.165) is 16.8 Å². The Hall–Kier alpha value is -4.39. The molecular formula is C25H22N4O3. The van der Waals surface area contributed by atoms with Crippen molar-refractivity contribution in [2.24, 2.45) is 5.10 Å². The van der Waals surface area contributed by atoms with Gasteiger partial charge in [-0.3, -0.25) is 0 Å². The summed E-state index contributed by atoms with van der Waals surface area (Å²) in [5.74, 6) is 1.71. The van der Waals surface area contributed by atoms with E-state index in [1.54, 1.807) is 32.4 Å². The Balaban J connectivity index is 1.73. The molecule has 0 saturated carbocycles. The summed E-state index contributed by atoms with van der Waals surface area (Å²) in [7, 11) is 3.19. The monoisotopic (exact) mass is 426 g/mol. The standard InChI is InChI=1S/C25H22N4O3/c1-31-23-13-12-18(14-24(23)32-2)21-15-20(17-8-4-3-5-9-17)27-25(28-21)29-26-16-19-10-6-7-11-22(19)30/h3-16,30H,1-2H3,(H,27,28,29). The molecule has 0 radical (unpaired) electrons. The Morgan fingerprint density at radius 2 is 1.47 bits per heavy atom. The van der Waals surface area contributed by atoms with Crippen molar-refractivity contribution >= 4 is 12.2 Å². The summed E-state index contributed by atoms with van der Waals surface area (Å²) in [6.07, 6.45) is 1.52. The summed E-state index contributed by atoms with van der Waals surface area (Å²) in [4.78, 5) is 9.22.